The van der Waals surface area contributed by atoms with Crippen LogP contribution in [0.25, 0.3) is 10.4 Å². The normalized spacial score (nSPS) is 10.3. The van der Waals surface area contributed by atoms with Crippen molar-refractivity contribution < 1.29 is 23.8 Å². The number of hydrogen-bond acceptors (Lipinski definition) is 6. The van der Waals surface area contributed by atoms with E-state index in [4.69, 9.17) is 14.2 Å². The summed E-state index contributed by atoms with van der Waals surface area (Å²) in [4.78, 5) is 25.7. The molecule has 3 rings (SSSR count). The Bertz CT molecular complexity index is 1000. The highest BCUT2D eigenvalue weighted by molar-refractivity contribution is 7.20. The number of benzene rings is 2. The van der Waals surface area contributed by atoms with Gasteiger partial charge in [-0.1, -0.05) is 42.5 Å². The van der Waals surface area contributed by atoms with E-state index in [1.807, 2.05) is 43.3 Å². The molecule has 0 atom stereocenters. The van der Waals surface area contributed by atoms with Crippen LogP contribution in [0.4, 0.5) is 5.00 Å². The number of thiophene rings is 1. The van der Waals surface area contributed by atoms with Gasteiger partial charge in [-0.3, -0.25) is 4.79 Å². The number of esters is 1. The van der Waals surface area contributed by atoms with Gasteiger partial charge in [0.1, 0.15) is 5.00 Å². The Morgan fingerprint density at radius 3 is 2.23 bits per heavy atom. The summed E-state index contributed by atoms with van der Waals surface area (Å²) >= 11 is 1.32. The minimum atomic E-state index is -0.478. The van der Waals surface area contributed by atoms with Crippen molar-refractivity contribution in [3.63, 3.8) is 0 Å². The lowest BCUT2D eigenvalue weighted by Gasteiger charge is -2.11. The second-order valence-electron chi connectivity index (χ2n) is 6.16. The molecule has 3 aromatic rings. The number of anilines is 1. The fraction of sp³-hybridized carbons (Fsp3) is 0.217. The topological polar surface area (TPSA) is 73.9 Å². The molecule has 0 saturated carbocycles. The van der Waals surface area contributed by atoms with E-state index in [1.165, 1.54) is 11.3 Å². The Labute approximate surface area is 179 Å². The summed E-state index contributed by atoms with van der Waals surface area (Å²) < 4.78 is 16.3. The van der Waals surface area contributed by atoms with Crippen LogP contribution in [0, 0.1) is 0 Å². The lowest BCUT2D eigenvalue weighted by molar-refractivity contribution is -0.118. The molecule has 1 heterocycles. The van der Waals surface area contributed by atoms with E-state index in [-0.39, 0.29) is 19.1 Å². The molecule has 30 heavy (non-hydrogen) atoms. The van der Waals surface area contributed by atoms with Gasteiger partial charge in [0.2, 0.25) is 0 Å². The molecule has 0 spiro atoms. The van der Waals surface area contributed by atoms with Crippen LogP contribution in [0.15, 0.2) is 60.7 Å². The number of para-hydroxylation sites is 2. The first-order valence-corrected chi connectivity index (χ1v) is 10.4. The molecule has 6 nitrogen and oxygen atoms in total. The van der Waals surface area contributed by atoms with Crippen molar-refractivity contribution in [2.75, 3.05) is 25.1 Å². The smallest absolute Gasteiger partial charge is 0.341 e. The molecule has 0 aliphatic heterocycles. The van der Waals surface area contributed by atoms with E-state index < -0.39 is 5.97 Å². The van der Waals surface area contributed by atoms with Gasteiger partial charge < -0.3 is 19.5 Å². The lowest BCUT2D eigenvalue weighted by Crippen LogP contribution is -2.21. The molecule has 2 aromatic carbocycles. The van der Waals surface area contributed by atoms with Crippen molar-refractivity contribution in [3.8, 4) is 21.9 Å². The van der Waals surface area contributed by atoms with Gasteiger partial charge in [-0.15, -0.1) is 11.3 Å². The van der Waals surface area contributed by atoms with Crippen molar-refractivity contribution >= 4 is 28.2 Å². The fourth-order valence-corrected chi connectivity index (χ4v) is 3.81. The number of hydrogen-bond donors (Lipinski definition) is 1. The summed E-state index contributed by atoms with van der Waals surface area (Å²) in [5.41, 5.74) is 1.28. The largest absolute Gasteiger partial charge is 0.490 e. The second-order valence-corrected chi connectivity index (χ2v) is 7.21. The van der Waals surface area contributed by atoms with Gasteiger partial charge in [-0.2, -0.15) is 0 Å². The molecule has 1 amide bonds. The highest BCUT2D eigenvalue weighted by Gasteiger charge is 2.20. The molecule has 156 valence electrons. The number of carbonyl (C=O) groups excluding carboxylic acids is 2. The molecule has 0 unspecified atom stereocenters. The third-order valence-electron chi connectivity index (χ3n) is 4.05. The maximum absolute atomic E-state index is 12.5. The van der Waals surface area contributed by atoms with Crippen LogP contribution in [0.5, 0.6) is 11.5 Å². The molecule has 0 bridgehead atoms. The van der Waals surface area contributed by atoms with Crippen molar-refractivity contribution in [2.24, 2.45) is 0 Å². The number of ether oxygens (including phenoxy) is 3. The zero-order valence-corrected chi connectivity index (χ0v) is 17.7. The van der Waals surface area contributed by atoms with Crippen LogP contribution in [0.1, 0.15) is 24.2 Å². The van der Waals surface area contributed by atoms with Crippen molar-refractivity contribution in [1.29, 1.82) is 0 Å². The molecule has 0 saturated heterocycles. The highest BCUT2D eigenvalue weighted by atomic mass is 32.1. The van der Waals surface area contributed by atoms with E-state index in [0.29, 0.717) is 28.7 Å². The molecule has 0 aliphatic rings. The maximum atomic E-state index is 12.5. The van der Waals surface area contributed by atoms with E-state index in [9.17, 15) is 9.59 Å². The molecular formula is C23H23NO5S. The van der Waals surface area contributed by atoms with E-state index in [0.717, 1.165) is 10.4 Å². The second kappa shape index (κ2) is 10.5. The van der Waals surface area contributed by atoms with Crippen molar-refractivity contribution in [3.05, 3.63) is 66.2 Å². The monoisotopic (exact) mass is 425 g/mol. The highest BCUT2D eigenvalue weighted by Crippen LogP contribution is 2.36. The zero-order valence-electron chi connectivity index (χ0n) is 16.8. The van der Waals surface area contributed by atoms with Crippen LogP contribution < -0.4 is 14.8 Å². The van der Waals surface area contributed by atoms with Gasteiger partial charge in [-0.25, -0.2) is 4.79 Å². The Balaban J connectivity index is 1.75. The predicted octanol–water partition coefficient (Wildman–Crippen LogP) is 5.01. The number of carbonyl (C=O) groups is 2. The average molecular weight is 426 g/mol. The van der Waals surface area contributed by atoms with Crippen LogP contribution >= 0.6 is 11.3 Å². The Morgan fingerprint density at radius 1 is 0.900 bits per heavy atom. The van der Waals surface area contributed by atoms with Gasteiger partial charge in [0.25, 0.3) is 5.91 Å². The Kier molecular flexibility index (Phi) is 7.45. The van der Waals surface area contributed by atoms with Crippen LogP contribution in [-0.2, 0) is 9.53 Å². The number of rotatable bonds is 9. The number of nitrogens with one attached hydrogen (secondary N) is 1. The van der Waals surface area contributed by atoms with Crippen molar-refractivity contribution in [2.45, 2.75) is 13.8 Å². The fourth-order valence-electron chi connectivity index (χ4n) is 2.74. The molecular weight excluding hydrogens is 402 g/mol. The van der Waals surface area contributed by atoms with Gasteiger partial charge in [-0.05, 0) is 37.6 Å². The van der Waals surface area contributed by atoms with E-state index in [2.05, 4.69) is 5.32 Å². The summed E-state index contributed by atoms with van der Waals surface area (Å²) in [5, 5.41) is 3.20. The van der Waals surface area contributed by atoms with Crippen LogP contribution in [0.3, 0.4) is 0 Å². The third-order valence-corrected chi connectivity index (χ3v) is 5.15. The van der Waals surface area contributed by atoms with Crippen molar-refractivity contribution in [1.82, 2.24) is 0 Å². The van der Waals surface area contributed by atoms with Gasteiger partial charge in [0, 0.05) is 4.88 Å². The van der Waals surface area contributed by atoms with Gasteiger partial charge >= 0.3 is 5.97 Å². The first-order valence-electron chi connectivity index (χ1n) is 9.63. The minimum Gasteiger partial charge on any atom is -0.490 e. The molecule has 7 heteroatoms. The zero-order chi connectivity index (χ0) is 21.3. The summed E-state index contributed by atoms with van der Waals surface area (Å²) in [6, 6.07) is 18.5. The van der Waals surface area contributed by atoms with Crippen LogP contribution in [-0.4, -0.2) is 31.7 Å². The first-order chi connectivity index (χ1) is 14.6. The summed E-state index contributed by atoms with van der Waals surface area (Å²) in [6.45, 7) is 4.14. The molecule has 0 fully saturated rings. The quantitative estimate of drug-likeness (QED) is 0.488. The lowest BCUT2D eigenvalue weighted by atomic mass is 10.1. The average Bonchev–Trinajstić information content (AvgIpc) is 3.18. The maximum Gasteiger partial charge on any atom is 0.341 e. The van der Waals surface area contributed by atoms with Crippen LogP contribution in [0.2, 0.25) is 0 Å². The first kappa shape index (κ1) is 21.4. The summed E-state index contributed by atoms with van der Waals surface area (Å²) in [6.07, 6.45) is 0. The molecule has 1 N–H and O–H groups in total. The SMILES string of the molecule is CCOC(=O)c1cc(-c2ccccc2)sc1NC(=O)COc1ccccc1OCC. The van der Waals surface area contributed by atoms with Gasteiger partial charge in [0.05, 0.1) is 18.8 Å². The Hall–Kier alpha value is -3.32. The van der Waals surface area contributed by atoms with E-state index in [1.54, 1.807) is 31.2 Å². The summed E-state index contributed by atoms with van der Waals surface area (Å²) in [5.74, 6) is 0.195. The molecule has 0 aliphatic carbocycles. The summed E-state index contributed by atoms with van der Waals surface area (Å²) in [7, 11) is 0. The standard InChI is InChI=1S/C23H23NO5S/c1-3-27-18-12-8-9-13-19(18)29-15-21(25)24-22-17(23(26)28-4-2)14-20(30-22)16-10-6-5-7-11-16/h5-14H,3-4,15H2,1-2H3,(H,24,25). The number of amides is 1. The molecule has 0 radical (unpaired) electrons. The molecule has 1 aromatic heterocycles. The van der Waals surface area contributed by atoms with E-state index >= 15 is 0 Å². The predicted molar refractivity (Wildman–Crippen MR) is 117 cm³/mol. The third kappa shape index (κ3) is 5.39. The Morgan fingerprint density at radius 2 is 1.57 bits per heavy atom. The van der Waals surface area contributed by atoms with Gasteiger partial charge in [0.15, 0.2) is 18.1 Å². The minimum absolute atomic E-state index is 0.217.